The fourth-order valence-electron chi connectivity index (χ4n) is 2.13. The van der Waals surface area contributed by atoms with E-state index in [1.54, 1.807) is 6.07 Å². The first kappa shape index (κ1) is 12.5. The van der Waals surface area contributed by atoms with Crippen molar-refractivity contribution in [2.24, 2.45) is 0 Å². The lowest BCUT2D eigenvalue weighted by molar-refractivity contribution is -0.133. The summed E-state index contributed by atoms with van der Waals surface area (Å²) in [6.07, 6.45) is 1.18. The van der Waals surface area contributed by atoms with Crippen LogP contribution in [0.25, 0.3) is 5.57 Å². The fourth-order valence-corrected chi connectivity index (χ4v) is 2.13. The van der Waals surface area contributed by atoms with Crippen LogP contribution in [0.5, 0.6) is 5.75 Å². The van der Waals surface area contributed by atoms with Crippen molar-refractivity contribution in [3.8, 4) is 5.75 Å². The number of benzene rings is 1. The Morgan fingerprint density at radius 3 is 2.83 bits per heavy atom. The van der Waals surface area contributed by atoms with Gasteiger partial charge in [-0.15, -0.1) is 0 Å². The van der Waals surface area contributed by atoms with Crippen LogP contribution in [0.15, 0.2) is 24.0 Å². The molecule has 0 saturated heterocycles. The van der Waals surface area contributed by atoms with Crippen molar-refractivity contribution in [1.82, 2.24) is 0 Å². The standard InChI is InChI=1S/C14H16O4/c1-3-18-10-6-4-9-5-7-12(15)13(11(9)8-10)14(16)17-2/h4,6,8,15H,3,5,7H2,1-2H3. The predicted molar refractivity (Wildman–Crippen MR) is 67.5 cm³/mol. The Bertz CT molecular complexity index is 503. The number of rotatable bonds is 3. The predicted octanol–water partition coefficient (Wildman–Crippen LogP) is 2.47. The van der Waals surface area contributed by atoms with E-state index in [-0.39, 0.29) is 11.3 Å². The number of methoxy groups -OCH3 is 1. The first-order valence-electron chi connectivity index (χ1n) is 5.94. The minimum Gasteiger partial charge on any atom is -0.511 e. The summed E-state index contributed by atoms with van der Waals surface area (Å²) in [5.41, 5.74) is 1.98. The summed E-state index contributed by atoms with van der Waals surface area (Å²) in [6, 6.07) is 5.58. The Morgan fingerprint density at radius 1 is 1.39 bits per heavy atom. The molecule has 0 heterocycles. The molecule has 18 heavy (non-hydrogen) atoms. The number of aryl methyl sites for hydroxylation is 1. The molecule has 0 amide bonds. The molecule has 0 atom stereocenters. The van der Waals surface area contributed by atoms with E-state index >= 15 is 0 Å². The molecule has 0 radical (unpaired) electrons. The highest BCUT2D eigenvalue weighted by atomic mass is 16.5. The number of fused-ring (bicyclic) bond motifs is 1. The van der Waals surface area contributed by atoms with Gasteiger partial charge in [0.2, 0.25) is 0 Å². The average Bonchev–Trinajstić information content (AvgIpc) is 2.38. The van der Waals surface area contributed by atoms with Crippen molar-refractivity contribution in [2.75, 3.05) is 13.7 Å². The zero-order valence-electron chi connectivity index (χ0n) is 10.5. The summed E-state index contributed by atoms with van der Waals surface area (Å²) in [5.74, 6) is 0.262. The van der Waals surface area contributed by atoms with E-state index in [1.165, 1.54) is 7.11 Å². The number of aliphatic hydroxyl groups excluding tert-OH is 1. The zero-order valence-corrected chi connectivity index (χ0v) is 10.5. The van der Waals surface area contributed by atoms with Gasteiger partial charge in [0.1, 0.15) is 17.1 Å². The van der Waals surface area contributed by atoms with Crippen LogP contribution in [-0.2, 0) is 16.0 Å². The van der Waals surface area contributed by atoms with E-state index in [4.69, 9.17) is 9.47 Å². The Morgan fingerprint density at radius 2 is 2.17 bits per heavy atom. The van der Waals surface area contributed by atoms with Gasteiger partial charge in [-0.1, -0.05) is 6.07 Å². The molecule has 96 valence electrons. The summed E-state index contributed by atoms with van der Waals surface area (Å²) in [4.78, 5) is 11.7. The molecule has 0 bridgehead atoms. The summed E-state index contributed by atoms with van der Waals surface area (Å²) < 4.78 is 10.1. The lowest BCUT2D eigenvalue weighted by atomic mass is 9.89. The topological polar surface area (TPSA) is 55.8 Å². The van der Waals surface area contributed by atoms with Crippen molar-refractivity contribution >= 4 is 11.5 Å². The molecule has 1 aliphatic carbocycles. The third kappa shape index (κ3) is 2.18. The van der Waals surface area contributed by atoms with Crippen molar-refractivity contribution in [3.63, 3.8) is 0 Å². The van der Waals surface area contributed by atoms with Crippen LogP contribution in [0.2, 0.25) is 0 Å². The first-order valence-corrected chi connectivity index (χ1v) is 5.94. The second-order valence-electron chi connectivity index (χ2n) is 4.07. The van der Waals surface area contributed by atoms with Crippen LogP contribution in [-0.4, -0.2) is 24.8 Å². The highest BCUT2D eigenvalue weighted by Gasteiger charge is 2.25. The molecule has 0 aliphatic heterocycles. The van der Waals surface area contributed by atoms with Gasteiger partial charge >= 0.3 is 5.97 Å². The molecule has 4 nitrogen and oxygen atoms in total. The maximum Gasteiger partial charge on any atom is 0.341 e. The monoisotopic (exact) mass is 248 g/mol. The van der Waals surface area contributed by atoms with Crippen molar-refractivity contribution in [2.45, 2.75) is 19.8 Å². The lowest BCUT2D eigenvalue weighted by Crippen LogP contribution is -2.13. The molecule has 4 heteroatoms. The van der Waals surface area contributed by atoms with Crippen LogP contribution in [0.1, 0.15) is 24.5 Å². The van der Waals surface area contributed by atoms with Crippen LogP contribution < -0.4 is 4.74 Å². The van der Waals surface area contributed by atoms with E-state index in [1.807, 2.05) is 19.1 Å². The normalized spacial score (nSPS) is 14.1. The summed E-state index contributed by atoms with van der Waals surface area (Å²) >= 11 is 0. The van der Waals surface area contributed by atoms with Crippen molar-refractivity contribution < 1.29 is 19.4 Å². The van der Waals surface area contributed by atoms with Gasteiger partial charge in [0.15, 0.2) is 0 Å². The maximum atomic E-state index is 11.7. The molecular formula is C14H16O4. The third-order valence-corrected chi connectivity index (χ3v) is 2.97. The Hall–Kier alpha value is -1.97. The van der Waals surface area contributed by atoms with Crippen molar-refractivity contribution in [1.29, 1.82) is 0 Å². The molecule has 1 N–H and O–H groups in total. The number of ether oxygens (including phenoxy) is 2. The van der Waals surface area contributed by atoms with Gasteiger partial charge in [-0.25, -0.2) is 4.79 Å². The molecule has 1 aromatic rings. The average molecular weight is 248 g/mol. The van der Waals surface area contributed by atoms with Gasteiger partial charge in [0.25, 0.3) is 0 Å². The molecule has 1 aromatic carbocycles. The van der Waals surface area contributed by atoms with E-state index in [9.17, 15) is 9.90 Å². The summed E-state index contributed by atoms with van der Waals surface area (Å²) in [5, 5.41) is 9.88. The molecule has 0 spiro atoms. The van der Waals surface area contributed by atoms with Gasteiger partial charge in [-0.3, -0.25) is 0 Å². The van der Waals surface area contributed by atoms with E-state index in [0.717, 1.165) is 5.56 Å². The second-order valence-corrected chi connectivity index (χ2v) is 4.07. The van der Waals surface area contributed by atoms with Gasteiger partial charge in [0.05, 0.1) is 13.7 Å². The minimum atomic E-state index is -0.512. The molecule has 2 rings (SSSR count). The Labute approximate surface area is 106 Å². The van der Waals surface area contributed by atoms with Crippen LogP contribution in [0.3, 0.4) is 0 Å². The maximum absolute atomic E-state index is 11.7. The number of carbonyl (C=O) groups is 1. The van der Waals surface area contributed by atoms with E-state index in [0.29, 0.717) is 30.8 Å². The van der Waals surface area contributed by atoms with E-state index in [2.05, 4.69) is 0 Å². The van der Waals surface area contributed by atoms with Crippen LogP contribution in [0.4, 0.5) is 0 Å². The number of aliphatic hydroxyl groups is 1. The highest BCUT2D eigenvalue weighted by Crippen LogP contribution is 2.33. The van der Waals surface area contributed by atoms with Gasteiger partial charge < -0.3 is 14.6 Å². The third-order valence-electron chi connectivity index (χ3n) is 2.97. The minimum absolute atomic E-state index is 0.0861. The highest BCUT2D eigenvalue weighted by molar-refractivity contribution is 6.18. The Balaban J connectivity index is 2.49. The molecule has 0 saturated carbocycles. The van der Waals surface area contributed by atoms with Crippen LogP contribution in [0, 0.1) is 0 Å². The van der Waals surface area contributed by atoms with Crippen molar-refractivity contribution in [3.05, 3.63) is 35.1 Å². The molecular weight excluding hydrogens is 232 g/mol. The quantitative estimate of drug-likeness (QED) is 0.835. The summed E-state index contributed by atoms with van der Waals surface area (Å²) in [7, 11) is 1.31. The number of allylic oxidation sites excluding steroid dienone is 1. The summed E-state index contributed by atoms with van der Waals surface area (Å²) in [6.45, 7) is 2.45. The van der Waals surface area contributed by atoms with Gasteiger partial charge in [-0.2, -0.15) is 0 Å². The molecule has 0 unspecified atom stereocenters. The second kappa shape index (κ2) is 5.12. The molecule has 0 fully saturated rings. The van der Waals surface area contributed by atoms with Crippen LogP contribution >= 0.6 is 0 Å². The fraction of sp³-hybridized carbons (Fsp3) is 0.357. The molecule has 0 aromatic heterocycles. The van der Waals surface area contributed by atoms with Gasteiger partial charge in [0, 0.05) is 6.42 Å². The first-order chi connectivity index (χ1) is 8.67. The number of hydrogen-bond donors (Lipinski definition) is 1. The smallest absolute Gasteiger partial charge is 0.341 e. The Kier molecular flexibility index (Phi) is 3.55. The number of esters is 1. The number of hydrogen-bond acceptors (Lipinski definition) is 4. The zero-order chi connectivity index (χ0) is 13.1. The largest absolute Gasteiger partial charge is 0.511 e. The van der Waals surface area contributed by atoms with E-state index < -0.39 is 5.97 Å². The number of carbonyl (C=O) groups excluding carboxylic acids is 1. The van der Waals surface area contributed by atoms with Gasteiger partial charge in [-0.05, 0) is 36.6 Å². The lowest BCUT2D eigenvalue weighted by Gasteiger charge is -2.19. The SMILES string of the molecule is CCOc1ccc2c(c1)C(C(=O)OC)=C(O)CC2. The molecule has 1 aliphatic rings.